The average Bonchev–Trinajstić information content (AvgIpc) is 2.88. The monoisotopic (exact) mass is 324 g/mol. The lowest BCUT2D eigenvalue weighted by atomic mass is 10.1. The number of nitrogens with two attached hydrogens (primary N) is 1. The summed E-state index contributed by atoms with van der Waals surface area (Å²) in [4.78, 5) is 36.9. The maximum atomic E-state index is 12.6. The topological polar surface area (TPSA) is 126 Å². The number of alkyl carbamates (subject to hydrolysis) is 1. The van der Waals surface area contributed by atoms with E-state index in [9.17, 15) is 14.4 Å². The molecule has 0 aliphatic carbocycles. The number of nitrogens with zero attached hydrogens (tertiary/aromatic N) is 2. The number of carbonyl (C=O) groups is 3. The molecule has 0 spiro atoms. The number of rotatable bonds is 5. The van der Waals surface area contributed by atoms with Crippen LogP contribution in [0.3, 0.4) is 0 Å². The number of nitriles is 1. The first-order valence-electron chi connectivity index (χ1n) is 7.62. The molecule has 1 aliphatic heterocycles. The fourth-order valence-corrected chi connectivity index (χ4v) is 2.36. The molecule has 1 rings (SSSR count). The Kier molecular flexibility index (Phi) is 6.37. The summed E-state index contributed by atoms with van der Waals surface area (Å²) < 4.78 is 5.14. The van der Waals surface area contributed by atoms with Gasteiger partial charge < -0.3 is 20.7 Å². The van der Waals surface area contributed by atoms with Crippen molar-refractivity contribution < 1.29 is 19.1 Å². The van der Waals surface area contributed by atoms with Gasteiger partial charge in [0.2, 0.25) is 11.8 Å². The number of ether oxygens (including phenoxy) is 1. The zero-order valence-corrected chi connectivity index (χ0v) is 13.8. The molecule has 0 saturated carbocycles. The van der Waals surface area contributed by atoms with Crippen molar-refractivity contribution in [1.82, 2.24) is 10.2 Å². The van der Waals surface area contributed by atoms with Gasteiger partial charge in [-0.1, -0.05) is 0 Å². The minimum atomic E-state index is -0.939. The van der Waals surface area contributed by atoms with Gasteiger partial charge >= 0.3 is 6.09 Å². The van der Waals surface area contributed by atoms with E-state index in [4.69, 9.17) is 15.7 Å². The van der Waals surface area contributed by atoms with Crippen LogP contribution in [0.2, 0.25) is 0 Å². The third-order valence-electron chi connectivity index (χ3n) is 3.35. The van der Waals surface area contributed by atoms with Crippen molar-refractivity contribution in [2.75, 3.05) is 6.54 Å². The number of nitrogens with one attached hydrogen (secondary N) is 1. The van der Waals surface area contributed by atoms with Crippen molar-refractivity contribution >= 4 is 17.9 Å². The Bertz CT molecular complexity index is 507. The first kappa shape index (κ1) is 18.7. The van der Waals surface area contributed by atoms with Crippen LogP contribution in [-0.2, 0) is 14.3 Å². The third kappa shape index (κ3) is 6.14. The smallest absolute Gasteiger partial charge is 0.408 e. The highest BCUT2D eigenvalue weighted by molar-refractivity contribution is 5.87. The van der Waals surface area contributed by atoms with Crippen LogP contribution in [0.25, 0.3) is 0 Å². The van der Waals surface area contributed by atoms with Gasteiger partial charge in [0, 0.05) is 13.0 Å². The molecule has 1 heterocycles. The predicted molar refractivity (Wildman–Crippen MR) is 81.9 cm³/mol. The van der Waals surface area contributed by atoms with E-state index in [1.54, 1.807) is 20.8 Å². The quantitative estimate of drug-likeness (QED) is 0.768. The molecular weight excluding hydrogens is 300 g/mol. The second kappa shape index (κ2) is 7.81. The van der Waals surface area contributed by atoms with E-state index in [2.05, 4.69) is 11.4 Å². The van der Waals surface area contributed by atoms with E-state index in [-0.39, 0.29) is 18.7 Å². The summed E-state index contributed by atoms with van der Waals surface area (Å²) in [5.74, 6) is -0.951. The summed E-state index contributed by atoms with van der Waals surface area (Å²) in [6.45, 7) is 5.58. The number of hydrogen-bond acceptors (Lipinski definition) is 5. The minimum Gasteiger partial charge on any atom is -0.444 e. The maximum absolute atomic E-state index is 12.6. The summed E-state index contributed by atoms with van der Waals surface area (Å²) in [6.07, 6.45) is 0.628. The standard InChI is InChI=1S/C15H24N4O4/c1-15(2,3)23-14(22)18-11(6-7-12(17)20)13(21)19-8-4-5-10(19)9-16/h10-11H,4-8H2,1-3H3,(H2,17,20)(H,18,22)/t10-,11-/m0/s1. The van der Waals surface area contributed by atoms with Gasteiger partial charge in [-0.15, -0.1) is 0 Å². The van der Waals surface area contributed by atoms with Crippen LogP contribution in [-0.4, -0.2) is 47.0 Å². The summed E-state index contributed by atoms with van der Waals surface area (Å²) in [6, 6.07) is 0.636. The lowest BCUT2D eigenvalue weighted by Gasteiger charge is -2.27. The van der Waals surface area contributed by atoms with Crippen LogP contribution in [0.4, 0.5) is 4.79 Å². The molecule has 0 radical (unpaired) electrons. The SMILES string of the molecule is CC(C)(C)OC(=O)N[C@@H](CCC(N)=O)C(=O)N1CCC[C@H]1C#N. The van der Waals surface area contributed by atoms with Gasteiger partial charge in [-0.05, 0) is 40.0 Å². The molecule has 8 heteroatoms. The largest absolute Gasteiger partial charge is 0.444 e. The number of amides is 3. The van der Waals surface area contributed by atoms with Crippen molar-refractivity contribution in [3.63, 3.8) is 0 Å². The molecule has 3 amide bonds. The van der Waals surface area contributed by atoms with Crippen molar-refractivity contribution in [2.24, 2.45) is 5.73 Å². The first-order valence-corrected chi connectivity index (χ1v) is 7.62. The van der Waals surface area contributed by atoms with Gasteiger partial charge in [-0.25, -0.2) is 4.79 Å². The van der Waals surface area contributed by atoms with Crippen LogP contribution < -0.4 is 11.1 Å². The van der Waals surface area contributed by atoms with E-state index in [0.29, 0.717) is 13.0 Å². The Morgan fingerprint density at radius 2 is 2.09 bits per heavy atom. The Labute approximate surface area is 135 Å². The van der Waals surface area contributed by atoms with E-state index in [0.717, 1.165) is 6.42 Å². The van der Waals surface area contributed by atoms with Crippen LogP contribution >= 0.6 is 0 Å². The van der Waals surface area contributed by atoms with E-state index < -0.39 is 29.7 Å². The van der Waals surface area contributed by atoms with Gasteiger partial charge in [0.1, 0.15) is 17.7 Å². The fourth-order valence-electron chi connectivity index (χ4n) is 2.36. The summed E-state index contributed by atoms with van der Waals surface area (Å²) in [5.41, 5.74) is 4.42. The highest BCUT2D eigenvalue weighted by atomic mass is 16.6. The predicted octanol–water partition coefficient (Wildman–Crippen LogP) is 0.660. The Morgan fingerprint density at radius 3 is 2.61 bits per heavy atom. The first-order chi connectivity index (χ1) is 10.6. The molecule has 0 bridgehead atoms. The Hall–Kier alpha value is -2.30. The van der Waals surface area contributed by atoms with E-state index >= 15 is 0 Å². The van der Waals surface area contributed by atoms with Gasteiger partial charge in [0.05, 0.1) is 6.07 Å². The molecule has 3 N–H and O–H groups in total. The molecule has 23 heavy (non-hydrogen) atoms. The third-order valence-corrected chi connectivity index (χ3v) is 3.35. The minimum absolute atomic E-state index is 0.0444. The lowest BCUT2D eigenvalue weighted by Crippen LogP contribution is -2.51. The molecule has 0 aromatic rings. The molecule has 0 aromatic heterocycles. The molecule has 2 atom stereocenters. The van der Waals surface area contributed by atoms with E-state index in [1.165, 1.54) is 4.90 Å². The van der Waals surface area contributed by atoms with Crippen LogP contribution in [0.15, 0.2) is 0 Å². The number of likely N-dealkylation sites (tertiary alicyclic amines) is 1. The summed E-state index contributed by atoms with van der Waals surface area (Å²) >= 11 is 0. The van der Waals surface area contributed by atoms with Gasteiger partial charge in [-0.2, -0.15) is 5.26 Å². The number of carbonyl (C=O) groups excluding carboxylic acids is 3. The van der Waals surface area contributed by atoms with Gasteiger partial charge in [0.25, 0.3) is 0 Å². The second-order valence-corrected chi connectivity index (χ2v) is 6.52. The van der Waals surface area contributed by atoms with Gasteiger partial charge in [0.15, 0.2) is 0 Å². The molecule has 128 valence electrons. The zero-order valence-electron chi connectivity index (χ0n) is 13.8. The molecule has 1 aliphatic rings. The molecular formula is C15H24N4O4. The lowest BCUT2D eigenvalue weighted by molar-refractivity contribution is -0.133. The zero-order chi connectivity index (χ0) is 17.6. The van der Waals surface area contributed by atoms with Crippen LogP contribution in [0.5, 0.6) is 0 Å². The summed E-state index contributed by atoms with van der Waals surface area (Å²) in [5, 5.41) is 11.6. The molecule has 8 nitrogen and oxygen atoms in total. The maximum Gasteiger partial charge on any atom is 0.408 e. The average molecular weight is 324 g/mol. The highest BCUT2D eigenvalue weighted by Crippen LogP contribution is 2.19. The Morgan fingerprint density at radius 1 is 1.43 bits per heavy atom. The second-order valence-electron chi connectivity index (χ2n) is 6.52. The van der Waals surface area contributed by atoms with Crippen molar-refractivity contribution in [1.29, 1.82) is 5.26 Å². The molecule has 0 aromatic carbocycles. The van der Waals surface area contributed by atoms with Crippen molar-refractivity contribution in [2.45, 2.75) is 64.1 Å². The normalized spacial score (nSPS) is 18.9. The van der Waals surface area contributed by atoms with Crippen LogP contribution in [0, 0.1) is 11.3 Å². The molecule has 0 unspecified atom stereocenters. The molecule has 1 saturated heterocycles. The molecule has 1 fully saturated rings. The van der Waals surface area contributed by atoms with Gasteiger partial charge in [-0.3, -0.25) is 9.59 Å². The highest BCUT2D eigenvalue weighted by Gasteiger charge is 2.34. The Balaban J connectivity index is 2.79. The summed E-state index contributed by atoms with van der Waals surface area (Å²) in [7, 11) is 0. The number of primary amides is 1. The van der Waals surface area contributed by atoms with Crippen molar-refractivity contribution in [3.8, 4) is 6.07 Å². The van der Waals surface area contributed by atoms with E-state index in [1.807, 2.05) is 0 Å². The van der Waals surface area contributed by atoms with Crippen LogP contribution in [0.1, 0.15) is 46.5 Å². The number of hydrogen-bond donors (Lipinski definition) is 2. The fraction of sp³-hybridized carbons (Fsp3) is 0.733. The van der Waals surface area contributed by atoms with Crippen molar-refractivity contribution in [3.05, 3.63) is 0 Å².